The van der Waals surface area contributed by atoms with Crippen molar-refractivity contribution in [2.24, 2.45) is 0 Å². The van der Waals surface area contributed by atoms with Gasteiger partial charge in [0.2, 0.25) is 0 Å². The fourth-order valence-corrected chi connectivity index (χ4v) is 2.38. The molecule has 8 heteroatoms. The predicted molar refractivity (Wildman–Crippen MR) is 75.9 cm³/mol. The molecule has 1 aromatic rings. The number of carbonyl (C=O) groups excluding carboxylic acids is 1. The number of halogens is 3. The largest absolute Gasteiger partial charge is 0.481 e. The predicted octanol–water partition coefficient (Wildman–Crippen LogP) is 2.43. The number of hydrogen-bond acceptors (Lipinski definition) is 2. The van der Waals surface area contributed by atoms with E-state index in [0.29, 0.717) is 5.56 Å². The van der Waals surface area contributed by atoms with Gasteiger partial charge in [-0.05, 0) is 17.7 Å². The van der Waals surface area contributed by atoms with E-state index >= 15 is 0 Å². The van der Waals surface area contributed by atoms with E-state index in [-0.39, 0.29) is 19.6 Å². The minimum Gasteiger partial charge on any atom is -0.481 e. The van der Waals surface area contributed by atoms with Crippen LogP contribution in [0.1, 0.15) is 24.3 Å². The van der Waals surface area contributed by atoms with Crippen LogP contribution in [0.2, 0.25) is 0 Å². The summed E-state index contributed by atoms with van der Waals surface area (Å²) in [7, 11) is 0. The summed E-state index contributed by atoms with van der Waals surface area (Å²) in [4.78, 5) is 24.5. The second-order valence-electron chi connectivity index (χ2n) is 5.47. The van der Waals surface area contributed by atoms with Crippen molar-refractivity contribution in [3.63, 3.8) is 0 Å². The Bertz CT molecular complexity index is 568. The van der Waals surface area contributed by atoms with Crippen LogP contribution in [0.3, 0.4) is 0 Å². The van der Waals surface area contributed by atoms with Crippen molar-refractivity contribution < 1.29 is 27.9 Å². The maximum atomic E-state index is 13.0. The fourth-order valence-electron chi connectivity index (χ4n) is 2.38. The lowest BCUT2D eigenvalue weighted by Crippen LogP contribution is -2.48. The van der Waals surface area contributed by atoms with E-state index in [1.807, 2.05) is 0 Å². The summed E-state index contributed by atoms with van der Waals surface area (Å²) in [6.45, 7) is -0.354. The first-order valence-electron chi connectivity index (χ1n) is 7.17. The van der Waals surface area contributed by atoms with Crippen LogP contribution in [0, 0.1) is 5.82 Å². The van der Waals surface area contributed by atoms with Gasteiger partial charge in [0.1, 0.15) is 5.82 Å². The highest BCUT2D eigenvalue weighted by Gasteiger charge is 2.35. The number of carboxylic acids is 1. The highest BCUT2D eigenvalue weighted by molar-refractivity contribution is 5.79. The van der Waals surface area contributed by atoms with Gasteiger partial charge in [0, 0.05) is 32.5 Å². The van der Waals surface area contributed by atoms with Crippen LogP contribution in [0.5, 0.6) is 0 Å². The van der Waals surface area contributed by atoms with Crippen LogP contribution < -0.4 is 5.32 Å². The topological polar surface area (TPSA) is 69.6 Å². The van der Waals surface area contributed by atoms with E-state index in [1.54, 1.807) is 0 Å². The maximum absolute atomic E-state index is 13.0. The molecule has 1 unspecified atom stereocenters. The zero-order valence-corrected chi connectivity index (χ0v) is 12.3. The Hall–Kier alpha value is -2.25. The number of carbonyl (C=O) groups is 2. The Morgan fingerprint density at radius 3 is 2.30 bits per heavy atom. The third-order valence-electron chi connectivity index (χ3n) is 3.81. The lowest BCUT2D eigenvalue weighted by atomic mass is 9.99. The van der Waals surface area contributed by atoms with Gasteiger partial charge in [0.25, 0.3) is 5.92 Å². The van der Waals surface area contributed by atoms with Crippen molar-refractivity contribution in [2.45, 2.75) is 24.7 Å². The van der Waals surface area contributed by atoms with Gasteiger partial charge in [-0.15, -0.1) is 0 Å². The summed E-state index contributed by atoms with van der Waals surface area (Å²) in [6.07, 6.45) is -0.804. The van der Waals surface area contributed by atoms with Gasteiger partial charge in [-0.3, -0.25) is 4.79 Å². The van der Waals surface area contributed by atoms with Gasteiger partial charge in [-0.25, -0.2) is 18.0 Å². The summed E-state index contributed by atoms with van der Waals surface area (Å²) in [6, 6.07) is 4.37. The molecular formula is C15H17F3N2O3. The van der Waals surface area contributed by atoms with Crippen LogP contribution in [0.4, 0.5) is 18.0 Å². The highest BCUT2D eigenvalue weighted by atomic mass is 19.3. The molecule has 0 radical (unpaired) electrons. The molecule has 0 aromatic heterocycles. The number of piperidine rings is 1. The van der Waals surface area contributed by atoms with Crippen molar-refractivity contribution in [2.75, 3.05) is 19.6 Å². The molecule has 0 spiro atoms. The third-order valence-corrected chi connectivity index (χ3v) is 3.81. The first-order chi connectivity index (χ1) is 10.8. The number of alkyl halides is 2. The van der Waals surface area contributed by atoms with Crippen molar-refractivity contribution in [1.29, 1.82) is 0 Å². The zero-order chi connectivity index (χ0) is 17.0. The Labute approximate surface area is 131 Å². The van der Waals surface area contributed by atoms with Crippen LogP contribution in [0.25, 0.3) is 0 Å². The molecule has 1 atom stereocenters. The molecular weight excluding hydrogens is 313 g/mol. The first kappa shape index (κ1) is 17.1. The quantitative estimate of drug-likeness (QED) is 0.891. The van der Waals surface area contributed by atoms with E-state index in [1.165, 1.54) is 17.0 Å². The average molecular weight is 330 g/mol. The Morgan fingerprint density at radius 2 is 1.78 bits per heavy atom. The number of aliphatic carboxylic acids is 1. The van der Waals surface area contributed by atoms with Gasteiger partial charge < -0.3 is 15.3 Å². The number of nitrogens with zero attached hydrogens (tertiary/aromatic N) is 1. The molecule has 1 saturated heterocycles. The van der Waals surface area contributed by atoms with Crippen molar-refractivity contribution >= 4 is 12.0 Å². The molecule has 1 heterocycles. The molecule has 0 saturated carbocycles. The molecule has 2 amide bonds. The Kier molecular flexibility index (Phi) is 5.12. The Morgan fingerprint density at radius 1 is 1.22 bits per heavy atom. The maximum Gasteiger partial charge on any atom is 0.317 e. The number of urea groups is 1. The van der Waals surface area contributed by atoms with Gasteiger partial charge >= 0.3 is 12.0 Å². The second-order valence-corrected chi connectivity index (χ2v) is 5.47. The molecule has 1 aromatic carbocycles. The molecule has 5 nitrogen and oxygen atoms in total. The number of likely N-dealkylation sites (tertiary alicyclic amines) is 1. The summed E-state index contributed by atoms with van der Waals surface area (Å²) in [5.74, 6) is -5.45. The minimum atomic E-state index is -2.76. The van der Waals surface area contributed by atoms with Gasteiger partial charge in [0.05, 0.1) is 5.92 Å². The smallest absolute Gasteiger partial charge is 0.317 e. The van der Waals surface area contributed by atoms with E-state index in [0.717, 1.165) is 12.1 Å². The Balaban J connectivity index is 1.93. The van der Waals surface area contributed by atoms with Crippen molar-refractivity contribution in [3.8, 4) is 0 Å². The first-order valence-corrected chi connectivity index (χ1v) is 7.17. The van der Waals surface area contributed by atoms with Gasteiger partial charge in [0.15, 0.2) is 0 Å². The molecule has 1 aliphatic heterocycles. The third kappa shape index (κ3) is 4.61. The molecule has 126 valence electrons. The molecule has 2 N–H and O–H groups in total. The number of hydrogen-bond donors (Lipinski definition) is 2. The van der Waals surface area contributed by atoms with Crippen molar-refractivity contribution in [3.05, 3.63) is 35.6 Å². The number of rotatable bonds is 4. The number of benzene rings is 1. The van der Waals surface area contributed by atoms with E-state index in [2.05, 4.69) is 5.32 Å². The molecule has 0 bridgehead atoms. The number of amides is 2. The molecule has 1 aliphatic rings. The second kappa shape index (κ2) is 6.89. The van der Waals surface area contributed by atoms with Gasteiger partial charge in [-0.2, -0.15) is 0 Å². The SMILES string of the molecule is O=C(O)C(CNC(=O)N1CCC(F)(F)CC1)c1ccc(F)cc1. The molecule has 23 heavy (non-hydrogen) atoms. The molecule has 2 rings (SSSR count). The summed E-state index contributed by atoms with van der Waals surface area (Å²) in [5, 5.41) is 11.7. The summed E-state index contributed by atoms with van der Waals surface area (Å²) in [5.41, 5.74) is 0.351. The lowest BCUT2D eigenvalue weighted by Gasteiger charge is -2.32. The van der Waals surface area contributed by atoms with E-state index < -0.39 is 42.5 Å². The van der Waals surface area contributed by atoms with E-state index in [9.17, 15) is 27.9 Å². The summed E-state index contributed by atoms with van der Waals surface area (Å²) < 4.78 is 39.0. The van der Waals surface area contributed by atoms with E-state index in [4.69, 9.17) is 0 Å². The normalized spacial score (nSPS) is 18.3. The van der Waals surface area contributed by atoms with Crippen molar-refractivity contribution in [1.82, 2.24) is 10.2 Å². The van der Waals surface area contributed by atoms with Crippen LogP contribution in [-0.4, -0.2) is 47.6 Å². The minimum absolute atomic E-state index is 0.0763. The average Bonchev–Trinajstić information content (AvgIpc) is 2.48. The summed E-state index contributed by atoms with van der Waals surface area (Å²) >= 11 is 0. The highest BCUT2D eigenvalue weighted by Crippen LogP contribution is 2.27. The van der Waals surface area contributed by atoms with Gasteiger partial charge in [-0.1, -0.05) is 12.1 Å². The van der Waals surface area contributed by atoms with Crippen LogP contribution >= 0.6 is 0 Å². The van der Waals surface area contributed by atoms with Crippen LogP contribution in [-0.2, 0) is 4.79 Å². The molecule has 1 fully saturated rings. The fraction of sp³-hybridized carbons (Fsp3) is 0.467. The lowest BCUT2D eigenvalue weighted by molar-refractivity contribution is -0.138. The standard InChI is InChI=1S/C15H17F3N2O3/c16-11-3-1-10(2-4-11)12(13(21)22)9-19-14(23)20-7-5-15(17,18)6-8-20/h1-4,12H,5-9H2,(H,19,23)(H,21,22). The molecule has 0 aliphatic carbocycles. The van der Waals surface area contributed by atoms with Crippen LogP contribution in [0.15, 0.2) is 24.3 Å². The monoisotopic (exact) mass is 330 g/mol. The number of nitrogens with one attached hydrogen (secondary N) is 1. The number of carboxylic acid groups (broad SMARTS) is 1. The zero-order valence-electron chi connectivity index (χ0n) is 12.3.